The van der Waals surface area contributed by atoms with E-state index < -0.39 is 5.92 Å². The van der Waals surface area contributed by atoms with Crippen LogP contribution in [0.4, 0.5) is 8.78 Å². The zero-order valence-corrected chi connectivity index (χ0v) is 10.4. The molecule has 1 aromatic rings. The number of carbonyl (C=O) groups is 1. The fourth-order valence-electron chi connectivity index (χ4n) is 2.53. The Kier molecular flexibility index (Phi) is 3.01. The molecule has 1 aliphatic heterocycles. The van der Waals surface area contributed by atoms with Gasteiger partial charge in [0.2, 0.25) is 0 Å². The van der Waals surface area contributed by atoms with Crippen LogP contribution in [0, 0.1) is 0 Å². The Hall–Kier alpha value is -1.49. The predicted molar refractivity (Wildman–Crippen MR) is 65.2 cm³/mol. The maximum Gasteiger partial charge on any atom is 0.338 e. The molecule has 0 unspecified atom stereocenters. The molecule has 3 nitrogen and oxygen atoms in total. The lowest BCUT2D eigenvalue weighted by Gasteiger charge is -2.49. The molecule has 1 aromatic carbocycles. The van der Waals surface area contributed by atoms with E-state index in [0.717, 1.165) is 0 Å². The van der Waals surface area contributed by atoms with Gasteiger partial charge in [-0.1, -0.05) is 18.2 Å². The van der Waals surface area contributed by atoms with Crippen molar-refractivity contribution in [3.63, 3.8) is 0 Å². The molecule has 0 amide bonds. The van der Waals surface area contributed by atoms with Crippen LogP contribution in [-0.4, -0.2) is 42.0 Å². The zero-order valence-electron chi connectivity index (χ0n) is 10.4. The van der Waals surface area contributed by atoms with E-state index in [1.54, 1.807) is 29.2 Å². The molecule has 1 aliphatic carbocycles. The summed E-state index contributed by atoms with van der Waals surface area (Å²) >= 11 is 0. The number of halogens is 2. The molecular weight excluding hydrogens is 252 g/mol. The standard InChI is InChI=1S/C14H15F2NO2/c15-14(16)8-17(9-14)11-6-12(7-11)19-13(18)10-4-2-1-3-5-10/h1-5,11-12H,6-9H2. The molecule has 2 fully saturated rings. The average Bonchev–Trinajstić information content (AvgIpc) is 2.31. The maximum atomic E-state index is 12.7. The summed E-state index contributed by atoms with van der Waals surface area (Å²) in [5, 5.41) is 0. The quantitative estimate of drug-likeness (QED) is 0.787. The van der Waals surface area contributed by atoms with E-state index in [9.17, 15) is 13.6 Å². The Labute approximate surface area is 110 Å². The van der Waals surface area contributed by atoms with Crippen LogP contribution in [0.2, 0.25) is 0 Å². The van der Waals surface area contributed by atoms with Crippen LogP contribution in [0.25, 0.3) is 0 Å². The number of benzene rings is 1. The lowest BCUT2D eigenvalue weighted by atomic mass is 9.85. The highest BCUT2D eigenvalue weighted by Gasteiger charge is 2.50. The predicted octanol–water partition coefficient (Wildman–Crippen LogP) is 2.33. The number of hydrogen-bond donors (Lipinski definition) is 0. The topological polar surface area (TPSA) is 29.5 Å². The van der Waals surface area contributed by atoms with Crippen molar-refractivity contribution in [2.24, 2.45) is 0 Å². The van der Waals surface area contributed by atoms with Gasteiger partial charge in [0, 0.05) is 18.9 Å². The van der Waals surface area contributed by atoms with Crippen molar-refractivity contribution in [2.45, 2.75) is 30.9 Å². The summed E-state index contributed by atoms with van der Waals surface area (Å²) in [5.41, 5.74) is 0.529. The van der Waals surface area contributed by atoms with Gasteiger partial charge in [-0.2, -0.15) is 0 Å². The average molecular weight is 267 g/mol. The first-order chi connectivity index (χ1) is 9.03. The Morgan fingerprint density at radius 1 is 1.21 bits per heavy atom. The fraction of sp³-hybridized carbons (Fsp3) is 0.500. The number of rotatable bonds is 3. The summed E-state index contributed by atoms with van der Waals surface area (Å²) in [6.45, 7) is -0.311. The molecule has 0 radical (unpaired) electrons. The number of esters is 1. The zero-order chi connectivity index (χ0) is 13.5. The molecular formula is C14H15F2NO2. The van der Waals surface area contributed by atoms with Crippen molar-refractivity contribution in [3.05, 3.63) is 35.9 Å². The van der Waals surface area contributed by atoms with Gasteiger partial charge in [-0.25, -0.2) is 13.6 Å². The highest BCUT2D eigenvalue weighted by Crippen LogP contribution is 2.37. The van der Waals surface area contributed by atoms with Gasteiger partial charge < -0.3 is 4.74 Å². The van der Waals surface area contributed by atoms with Crippen molar-refractivity contribution < 1.29 is 18.3 Å². The number of hydrogen-bond acceptors (Lipinski definition) is 3. The summed E-state index contributed by atoms with van der Waals surface area (Å²) in [6.07, 6.45) is 1.19. The molecule has 1 heterocycles. The van der Waals surface area contributed by atoms with Crippen molar-refractivity contribution >= 4 is 5.97 Å². The summed E-state index contributed by atoms with van der Waals surface area (Å²) in [5.74, 6) is -2.86. The van der Waals surface area contributed by atoms with Gasteiger partial charge in [0.05, 0.1) is 18.7 Å². The molecule has 2 aliphatic rings. The third-order valence-corrected chi connectivity index (χ3v) is 3.74. The van der Waals surface area contributed by atoms with E-state index in [4.69, 9.17) is 4.74 Å². The molecule has 102 valence electrons. The molecule has 5 heteroatoms. The van der Waals surface area contributed by atoms with E-state index in [-0.39, 0.29) is 31.2 Å². The molecule has 0 N–H and O–H groups in total. The number of ether oxygens (including phenoxy) is 1. The minimum atomic E-state index is -2.52. The largest absolute Gasteiger partial charge is 0.459 e. The molecule has 0 bridgehead atoms. The van der Waals surface area contributed by atoms with Crippen molar-refractivity contribution in [3.8, 4) is 0 Å². The Balaban J connectivity index is 1.44. The highest BCUT2D eigenvalue weighted by atomic mass is 19.3. The third kappa shape index (κ3) is 2.61. The maximum absolute atomic E-state index is 12.7. The summed E-state index contributed by atoms with van der Waals surface area (Å²) < 4.78 is 30.7. The van der Waals surface area contributed by atoms with Gasteiger partial charge in [0.1, 0.15) is 6.10 Å². The fourth-order valence-corrected chi connectivity index (χ4v) is 2.53. The number of carbonyl (C=O) groups excluding carboxylic acids is 1. The van der Waals surface area contributed by atoms with Crippen LogP contribution in [0.1, 0.15) is 23.2 Å². The van der Waals surface area contributed by atoms with E-state index in [1.807, 2.05) is 6.07 Å². The Morgan fingerprint density at radius 2 is 1.84 bits per heavy atom. The second kappa shape index (κ2) is 4.56. The summed E-state index contributed by atoms with van der Waals surface area (Å²) in [4.78, 5) is 13.5. The summed E-state index contributed by atoms with van der Waals surface area (Å²) in [7, 11) is 0. The SMILES string of the molecule is O=C(OC1CC(N2CC(F)(F)C2)C1)c1ccccc1. The van der Waals surface area contributed by atoms with Gasteiger partial charge in [-0.3, -0.25) is 4.90 Å². The van der Waals surface area contributed by atoms with Crippen LogP contribution < -0.4 is 0 Å². The van der Waals surface area contributed by atoms with E-state index >= 15 is 0 Å². The van der Waals surface area contributed by atoms with E-state index in [2.05, 4.69) is 0 Å². The van der Waals surface area contributed by atoms with Gasteiger partial charge in [-0.05, 0) is 12.1 Å². The number of nitrogens with zero attached hydrogens (tertiary/aromatic N) is 1. The molecule has 3 rings (SSSR count). The first-order valence-corrected chi connectivity index (χ1v) is 6.41. The molecule has 0 aromatic heterocycles. The van der Waals surface area contributed by atoms with Crippen LogP contribution in [0.5, 0.6) is 0 Å². The third-order valence-electron chi connectivity index (χ3n) is 3.74. The van der Waals surface area contributed by atoms with Crippen LogP contribution in [0.15, 0.2) is 30.3 Å². The minimum absolute atomic E-state index is 0.132. The Morgan fingerprint density at radius 3 is 2.42 bits per heavy atom. The van der Waals surface area contributed by atoms with Crippen molar-refractivity contribution in [2.75, 3.05) is 13.1 Å². The van der Waals surface area contributed by atoms with Crippen LogP contribution in [0.3, 0.4) is 0 Å². The normalized spacial score (nSPS) is 29.2. The lowest BCUT2D eigenvalue weighted by molar-refractivity contribution is -0.168. The van der Waals surface area contributed by atoms with Crippen LogP contribution in [-0.2, 0) is 4.74 Å². The van der Waals surface area contributed by atoms with Crippen molar-refractivity contribution in [1.82, 2.24) is 4.90 Å². The van der Waals surface area contributed by atoms with Crippen molar-refractivity contribution in [1.29, 1.82) is 0 Å². The molecule has 0 spiro atoms. The van der Waals surface area contributed by atoms with Crippen LogP contribution >= 0.6 is 0 Å². The highest BCUT2D eigenvalue weighted by molar-refractivity contribution is 5.89. The van der Waals surface area contributed by atoms with E-state index in [0.29, 0.717) is 18.4 Å². The minimum Gasteiger partial charge on any atom is -0.459 e. The second-order valence-corrected chi connectivity index (χ2v) is 5.28. The first-order valence-electron chi connectivity index (χ1n) is 6.41. The Bertz CT molecular complexity index is 464. The molecule has 1 saturated carbocycles. The number of likely N-dealkylation sites (tertiary alicyclic amines) is 1. The molecule has 1 saturated heterocycles. The number of alkyl halides is 2. The first kappa shape index (κ1) is 12.5. The van der Waals surface area contributed by atoms with Gasteiger partial charge in [0.15, 0.2) is 0 Å². The molecule has 19 heavy (non-hydrogen) atoms. The van der Waals surface area contributed by atoms with Gasteiger partial charge in [0.25, 0.3) is 5.92 Å². The smallest absolute Gasteiger partial charge is 0.338 e. The monoisotopic (exact) mass is 267 g/mol. The molecule has 0 atom stereocenters. The van der Waals surface area contributed by atoms with Gasteiger partial charge >= 0.3 is 5.97 Å². The lowest BCUT2D eigenvalue weighted by Crippen LogP contribution is -2.63. The van der Waals surface area contributed by atoms with E-state index in [1.165, 1.54) is 0 Å². The summed E-state index contributed by atoms with van der Waals surface area (Å²) in [6, 6.07) is 8.95. The second-order valence-electron chi connectivity index (χ2n) is 5.28. The van der Waals surface area contributed by atoms with Gasteiger partial charge in [-0.15, -0.1) is 0 Å².